The highest BCUT2D eigenvalue weighted by molar-refractivity contribution is 5.43. The molecule has 0 radical (unpaired) electrons. The number of unbranched alkanes of at least 4 members (excludes halogenated alkanes) is 3. The molecule has 0 aliphatic rings. The molecule has 1 rings (SSSR count). The first kappa shape index (κ1) is 17.8. The summed E-state index contributed by atoms with van der Waals surface area (Å²) in [7, 11) is 0. The topological polar surface area (TPSA) is 44.5 Å². The van der Waals surface area contributed by atoms with Gasteiger partial charge in [0.05, 0.1) is 13.2 Å². The van der Waals surface area contributed by atoms with Crippen LogP contribution in [0, 0.1) is 0 Å². The van der Waals surface area contributed by atoms with Crippen molar-refractivity contribution in [3.8, 4) is 11.5 Å². The average Bonchev–Trinajstić information content (AvgIpc) is 2.49. The van der Waals surface area contributed by atoms with Gasteiger partial charge in [0, 0.05) is 6.04 Å². The van der Waals surface area contributed by atoms with Crippen LogP contribution in [0.25, 0.3) is 0 Å². The van der Waals surface area contributed by atoms with E-state index >= 15 is 0 Å². The van der Waals surface area contributed by atoms with Crippen LogP contribution in [-0.2, 0) is 6.42 Å². The highest BCUT2D eigenvalue weighted by Crippen LogP contribution is 2.29. The lowest BCUT2D eigenvalue weighted by molar-refractivity contribution is 0.270. The molecule has 0 heterocycles. The van der Waals surface area contributed by atoms with E-state index in [1.807, 2.05) is 13.0 Å². The number of hydrogen-bond donors (Lipinski definition) is 1. The second-order valence-electron chi connectivity index (χ2n) is 5.50. The summed E-state index contributed by atoms with van der Waals surface area (Å²) in [6.45, 7) is 7.73. The summed E-state index contributed by atoms with van der Waals surface area (Å²) in [6.07, 6.45) is 6.71. The van der Waals surface area contributed by atoms with E-state index in [-0.39, 0.29) is 6.04 Å². The molecule has 0 amide bonds. The molecule has 0 saturated heterocycles. The molecule has 0 bridgehead atoms. The van der Waals surface area contributed by atoms with Gasteiger partial charge in [-0.25, -0.2) is 0 Å². The first-order chi connectivity index (χ1) is 10.2. The summed E-state index contributed by atoms with van der Waals surface area (Å²) < 4.78 is 11.6. The number of ether oxygens (including phenoxy) is 2. The summed E-state index contributed by atoms with van der Waals surface area (Å²) in [5.41, 5.74) is 7.24. The number of rotatable bonds is 11. The quantitative estimate of drug-likeness (QED) is 0.618. The fraction of sp³-hybridized carbons (Fsp3) is 0.667. The summed E-state index contributed by atoms with van der Waals surface area (Å²) in [5, 5.41) is 0. The molecule has 0 aliphatic heterocycles. The molecule has 120 valence electrons. The van der Waals surface area contributed by atoms with Gasteiger partial charge in [0.2, 0.25) is 0 Å². The molecule has 0 aliphatic carbocycles. The Bertz CT molecular complexity index is 393. The van der Waals surface area contributed by atoms with E-state index in [2.05, 4.69) is 26.0 Å². The maximum absolute atomic E-state index is 6.02. The zero-order valence-electron chi connectivity index (χ0n) is 13.9. The fourth-order valence-electron chi connectivity index (χ4n) is 2.23. The Morgan fingerprint density at radius 3 is 2.48 bits per heavy atom. The van der Waals surface area contributed by atoms with E-state index in [9.17, 15) is 0 Å². The molecule has 0 aromatic heterocycles. The van der Waals surface area contributed by atoms with Crippen LogP contribution >= 0.6 is 0 Å². The first-order valence-electron chi connectivity index (χ1n) is 8.35. The Morgan fingerprint density at radius 2 is 1.81 bits per heavy atom. The number of hydrogen-bond acceptors (Lipinski definition) is 3. The Kier molecular flexibility index (Phi) is 8.91. The molecular weight excluding hydrogens is 262 g/mol. The first-order valence-corrected chi connectivity index (χ1v) is 8.35. The van der Waals surface area contributed by atoms with Crippen molar-refractivity contribution in [2.24, 2.45) is 5.73 Å². The lowest BCUT2D eigenvalue weighted by Crippen LogP contribution is -2.21. The van der Waals surface area contributed by atoms with Gasteiger partial charge in [0.1, 0.15) is 0 Å². The number of nitrogens with two attached hydrogens (primary N) is 1. The van der Waals surface area contributed by atoms with E-state index in [1.165, 1.54) is 24.8 Å². The van der Waals surface area contributed by atoms with E-state index in [4.69, 9.17) is 15.2 Å². The monoisotopic (exact) mass is 293 g/mol. The lowest BCUT2D eigenvalue weighted by atomic mass is 10.0. The van der Waals surface area contributed by atoms with Crippen molar-refractivity contribution in [2.75, 3.05) is 13.2 Å². The van der Waals surface area contributed by atoms with Gasteiger partial charge in [-0.05, 0) is 43.9 Å². The van der Waals surface area contributed by atoms with Gasteiger partial charge in [-0.3, -0.25) is 0 Å². The third kappa shape index (κ3) is 6.85. The Morgan fingerprint density at radius 1 is 1.00 bits per heavy atom. The highest BCUT2D eigenvalue weighted by atomic mass is 16.5. The van der Waals surface area contributed by atoms with Gasteiger partial charge in [-0.2, -0.15) is 0 Å². The van der Waals surface area contributed by atoms with Gasteiger partial charge < -0.3 is 15.2 Å². The molecule has 2 N–H and O–H groups in total. The van der Waals surface area contributed by atoms with Crippen molar-refractivity contribution in [2.45, 2.75) is 65.3 Å². The summed E-state index contributed by atoms with van der Waals surface area (Å²) in [5.74, 6) is 1.69. The van der Waals surface area contributed by atoms with Crippen LogP contribution in [0.15, 0.2) is 18.2 Å². The molecular formula is C18H31NO2. The van der Waals surface area contributed by atoms with Gasteiger partial charge in [-0.1, -0.05) is 39.2 Å². The van der Waals surface area contributed by atoms with Crippen LogP contribution in [-0.4, -0.2) is 19.3 Å². The highest BCUT2D eigenvalue weighted by Gasteiger charge is 2.08. The minimum atomic E-state index is 0.209. The van der Waals surface area contributed by atoms with E-state index in [0.717, 1.165) is 37.4 Å². The average molecular weight is 293 g/mol. The Balaban J connectivity index is 2.61. The predicted octanol–water partition coefficient (Wildman–Crippen LogP) is 4.32. The van der Waals surface area contributed by atoms with Crippen molar-refractivity contribution in [3.05, 3.63) is 23.8 Å². The molecule has 1 atom stereocenters. The van der Waals surface area contributed by atoms with Gasteiger partial charge in [0.25, 0.3) is 0 Å². The summed E-state index contributed by atoms with van der Waals surface area (Å²) in [4.78, 5) is 0. The molecule has 0 spiro atoms. The Hall–Kier alpha value is -1.22. The summed E-state index contributed by atoms with van der Waals surface area (Å²) in [6, 6.07) is 6.39. The molecule has 1 unspecified atom stereocenters. The zero-order chi connectivity index (χ0) is 15.5. The van der Waals surface area contributed by atoms with Crippen LogP contribution < -0.4 is 15.2 Å². The largest absolute Gasteiger partial charge is 0.490 e. The van der Waals surface area contributed by atoms with Crippen LogP contribution in [0.2, 0.25) is 0 Å². The second kappa shape index (κ2) is 10.5. The van der Waals surface area contributed by atoms with Gasteiger partial charge >= 0.3 is 0 Å². The van der Waals surface area contributed by atoms with Crippen molar-refractivity contribution >= 4 is 0 Å². The molecule has 1 aromatic rings. The van der Waals surface area contributed by atoms with Gasteiger partial charge in [-0.15, -0.1) is 0 Å². The Labute approximate surface area is 129 Å². The van der Waals surface area contributed by atoms with Crippen LogP contribution in [0.3, 0.4) is 0 Å². The van der Waals surface area contributed by atoms with E-state index in [1.54, 1.807) is 0 Å². The van der Waals surface area contributed by atoms with Crippen LogP contribution in [0.4, 0.5) is 0 Å². The SMILES string of the molecule is CCCCCCOc1ccc(CC(N)CC)cc1OCC. The normalized spacial score (nSPS) is 12.2. The van der Waals surface area contributed by atoms with Crippen molar-refractivity contribution < 1.29 is 9.47 Å². The second-order valence-corrected chi connectivity index (χ2v) is 5.50. The molecule has 3 nitrogen and oxygen atoms in total. The van der Waals surface area contributed by atoms with Crippen molar-refractivity contribution in [1.29, 1.82) is 0 Å². The maximum Gasteiger partial charge on any atom is 0.161 e. The van der Waals surface area contributed by atoms with E-state index in [0.29, 0.717) is 6.61 Å². The summed E-state index contributed by atoms with van der Waals surface area (Å²) >= 11 is 0. The maximum atomic E-state index is 6.02. The van der Waals surface area contributed by atoms with Gasteiger partial charge in [0.15, 0.2) is 11.5 Å². The molecule has 3 heteroatoms. The molecule has 1 aromatic carbocycles. The van der Waals surface area contributed by atoms with Crippen LogP contribution in [0.5, 0.6) is 11.5 Å². The minimum Gasteiger partial charge on any atom is -0.490 e. The van der Waals surface area contributed by atoms with Crippen molar-refractivity contribution in [3.63, 3.8) is 0 Å². The third-order valence-electron chi connectivity index (χ3n) is 3.59. The van der Waals surface area contributed by atoms with Crippen molar-refractivity contribution in [1.82, 2.24) is 0 Å². The minimum absolute atomic E-state index is 0.209. The molecule has 0 saturated carbocycles. The molecule has 0 fully saturated rings. The van der Waals surface area contributed by atoms with E-state index < -0.39 is 0 Å². The predicted molar refractivity (Wildman–Crippen MR) is 89.2 cm³/mol. The fourth-order valence-corrected chi connectivity index (χ4v) is 2.23. The number of benzene rings is 1. The zero-order valence-corrected chi connectivity index (χ0v) is 13.9. The lowest BCUT2D eigenvalue weighted by Gasteiger charge is -2.15. The molecule has 21 heavy (non-hydrogen) atoms. The smallest absolute Gasteiger partial charge is 0.161 e. The third-order valence-corrected chi connectivity index (χ3v) is 3.59. The van der Waals surface area contributed by atoms with Crippen LogP contribution in [0.1, 0.15) is 58.4 Å². The standard InChI is InChI=1S/C18H31NO2/c1-4-7-8-9-12-21-17-11-10-15(13-16(19)5-2)14-18(17)20-6-3/h10-11,14,16H,4-9,12-13,19H2,1-3H3.